The molecule has 1 aromatic rings. The maximum absolute atomic E-state index is 11.8. The summed E-state index contributed by atoms with van der Waals surface area (Å²) in [5.74, 6) is -0.521. The predicted octanol–water partition coefficient (Wildman–Crippen LogP) is 1.20. The van der Waals surface area contributed by atoms with Gasteiger partial charge in [0.05, 0.1) is 6.21 Å². The Kier molecular flexibility index (Phi) is 5.46. The zero-order valence-corrected chi connectivity index (χ0v) is 13.6. The van der Waals surface area contributed by atoms with Crippen LogP contribution in [0.4, 0.5) is 5.69 Å². The quantitative estimate of drug-likeness (QED) is 0.655. The maximum Gasteiger partial charge on any atom is 0.261 e. The number of hydrogen-bond acceptors (Lipinski definition) is 5. The Balaban J connectivity index is 1.86. The van der Waals surface area contributed by atoms with Crippen molar-refractivity contribution in [1.82, 2.24) is 10.4 Å². The van der Waals surface area contributed by atoms with Gasteiger partial charge in [-0.1, -0.05) is 12.1 Å². The molecule has 0 atom stereocenters. The number of carbonyl (C=O) groups is 2. The summed E-state index contributed by atoms with van der Waals surface area (Å²) < 4.78 is 0. The number of amides is 2. The van der Waals surface area contributed by atoms with Gasteiger partial charge in [-0.15, -0.1) is 0 Å². The molecule has 7 nitrogen and oxygen atoms in total. The van der Waals surface area contributed by atoms with E-state index in [0.29, 0.717) is 12.8 Å². The van der Waals surface area contributed by atoms with E-state index in [1.807, 2.05) is 50.2 Å². The number of hydrogen-bond donors (Lipinski definition) is 1. The molecule has 1 heterocycles. The monoisotopic (exact) mass is 315 g/mol. The lowest BCUT2D eigenvalue weighted by molar-refractivity contribution is -0.136. The predicted molar refractivity (Wildman–Crippen MR) is 90.6 cm³/mol. The van der Waals surface area contributed by atoms with Crippen molar-refractivity contribution in [2.45, 2.75) is 19.8 Å². The summed E-state index contributed by atoms with van der Waals surface area (Å²) in [6.45, 7) is 1.72. The Morgan fingerprint density at radius 3 is 2.70 bits per heavy atom. The number of nitrogens with one attached hydrogen (secondary N) is 1. The molecule has 7 heteroatoms. The van der Waals surface area contributed by atoms with Crippen LogP contribution in [0.3, 0.4) is 0 Å². The van der Waals surface area contributed by atoms with Crippen molar-refractivity contribution in [3.8, 4) is 0 Å². The largest absolute Gasteiger partial charge is 0.378 e. The molecular weight excluding hydrogens is 294 g/mol. The fraction of sp³-hybridized carbons (Fsp3) is 0.375. The third kappa shape index (κ3) is 4.91. The Morgan fingerprint density at radius 1 is 1.35 bits per heavy atom. The molecule has 0 saturated carbocycles. The second-order valence-electron chi connectivity index (χ2n) is 5.57. The fourth-order valence-electron chi connectivity index (χ4n) is 2.06. The van der Waals surface area contributed by atoms with Crippen LogP contribution in [0.15, 0.2) is 34.5 Å². The number of anilines is 1. The van der Waals surface area contributed by atoms with Gasteiger partial charge in [-0.3, -0.25) is 9.59 Å². The van der Waals surface area contributed by atoms with E-state index in [9.17, 15) is 9.59 Å². The van der Waals surface area contributed by atoms with Crippen molar-refractivity contribution in [2.24, 2.45) is 10.2 Å². The highest BCUT2D eigenvalue weighted by molar-refractivity contribution is 5.93. The standard InChI is InChI=1S/C16H21N5O2/c1-12-4-9-16(23)21(19-12)11-15(22)18-17-10-13-5-7-14(8-6-13)20(2)3/h5-8,10H,4,9,11H2,1-3H3,(H,18,22)/b17-10+. The van der Waals surface area contributed by atoms with Gasteiger partial charge in [0.2, 0.25) is 5.91 Å². The average Bonchev–Trinajstić information content (AvgIpc) is 2.51. The van der Waals surface area contributed by atoms with Crippen molar-refractivity contribution in [3.05, 3.63) is 29.8 Å². The van der Waals surface area contributed by atoms with Gasteiger partial charge in [0, 0.05) is 31.9 Å². The molecule has 0 aliphatic carbocycles. The molecule has 122 valence electrons. The van der Waals surface area contributed by atoms with Crippen LogP contribution in [0, 0.1) is 0 Å². The van der Waals surface area contributed by atoms with Gasteiger partial charge in [-0.05, 0) is 31.0 Å². The van der Waals surface area contributed by atoms with E-state index in [1.165, 1.54) is 5.01 Å². The second kappa shape index (κ2) is 7.53. The number of benzene rings is 1. The Bertz CT molecular complexity index is 634. The number of nitrogens with zero attached hydrogens (tertiary/aromatic N) is 4. The summed E-state index contributed by atoms with van der Waals surface area (Å²) in [7, 11) is 3.94. The highest BCUT2D eigenvalue weighted by Crippen LogP contribution is 2.11. The van der Waals surface area contributed by atoms with Crippen molar-refractivity contribution in [3.63, 3.8) is 0 Å². The van der Waals surface area contributed by atoms with Crippen LogP contribution < -0.4 is 10.3 Å². The van der Waals surface area contributed by atoms with Crippen LogP contribution in [0.1, 0.15) is 25.3 Å². The van der Waals surface area contributed by atoms with Gasteiger partial charge in [0.25, 0.3) is 5.91 Å². The summed E-state index contributed by atoms with van der Waals surface area (Å²) in [6, 6.07) is 7.75. The first-order valence-corrected chi connectivity index (χ1v) is 7.39. The topological polar surface area (TPSA) is 77.4 Å². The first-order valence-electron chi connectivity index (χ1n) is 7.39. The molecule has 23 heavy (non-hydrogen) atoms. The van der Waals surface area contributed by atoms with Gasteiger partial charge in [0.1, 0.15) is 6.54 Å². The maximum atomic E-state index is 11.8. The number of carbonyl (C=O) groups excluding carboxylic acids is 2. The first kappa shape index (κ1) is 16.7. The molecule has 1 aliphatic heterocycles. The number of rotatable bonds is 5. The minimum absolute atomic E-state index is 0.118. The van der Waals surface area contributed by atoms with Crippen molar-refractivity contribution in [1.29, 1.82) is 0 Å². The Labute approximate surface area is 135 Å². The van der Waals surface area contributed by atoms with Crippen molar-refractivity contribution < 1.29 is 9.59 Å². The summed E-state index contributed by atoms with van der Waals surface area (Å²) in [5, 5.41) is 9.17. The van der Waals surface area contributed by atoms with Gasteiger partial charge in [-0.2, -0.15) is 10.2 Å². The van der Waals surface area contributed by atoms with E-state index in [0.717, 1.165) is 17.0 Å². The summed E-state index contributed by atoms with van der Waals surface area (Å²) in [6.07, 6.45) is 2.60. The molecule has 1 aromatic carbocycles. The summed E-state index contributed by atoms with van der Waals surface area (Å²) >= 11 is 0. The highest BCUT2D eigenvalue weighted by atomic mass is 16.2. The van der Waals surface area contributed by atoms with Crippen LogP contribution in [-0.4, -0.2) is 49.4 Å². The third-order valence-electron chi connectivity index (χ3n) is 3.39. The highest BCUT2D eigenvalue weighted by Gasteiger charge is 2.20. The molecule has 0 saturated heterocycles. The minimum atomic E-state index is -0.377. The van der Waals surface area contributed by atoms with Gasteiger partial charge < -0.3 is 4.90 Å². The Hall–Kier alpha value is -2.70. The van der Waals surface area contributed by atoms with E-state index >= 15 is 0 Å². The molecule has 0 bridgehead atoms. The van der Waals surface area contributed by atoms with E-state index < -0.39 is 0 Å². The van der Waals surface area contributed by atoms with Crippen molar-refractivity contribution >= 4 is 29.4 Å². The molecule has 0 spiro atoms. The van der Waals surface area contributed by atoms with Crippen LogP contribution in [0.5, 0.6) is 0 Å². The second-order valence-corrected chi connectivity index (χ2v) is 5.57. The molecule has 0 unspecified atom stereocenters. The molecule has 0 fully saturated rings. The molecule has 0 aromatic heterocycles. The van der Waals surface area contributed by atoms with E-state index in [1.54, 1.807) is 6.21 Å². The lowest BCUT2D eigenvalue weighted by atomic mass is 10.2. The van der Waals surface area contributed by atoms with E-state index in [-0.39, 0.29) is 18.4 Å². The summed E-state index contributed by atoms with van der Waals surface area (Å²) in [5.41, 5.74) is 5.22. The molecular formula is C16H21N5O2. The molecule has 1 aliphatic rings. The van der Waals surface area contributed by atoms with Gasteiger partial charge in [-0.25, -0.2) is 10.4 Å². The zero-order chi connectivity index (χ0) is 16.8. The van der Waals surface area contributed by atoms with Crippen LogP contribution >= 0.6 is 0 Å². The van der Waals surface area contributed by atoms with Crippen LogP contribution in [0.2, 0.25) is 0 Å². The molecule has 0 radical (unpaired) electrons. The Morgan fingerprint density at radius 2 is 2.04 bits per heavy atom. The molecule has 1 N–H and O–H groups in total. The molecule has 2 rings (SSSR count). The van der Waals surface area contributed by atoms with E-state index in [4.69, 9.17) is 0 Å². The lowest BCUT2D eigenvalue weighted by Crippen LogP contribution is -2.38. The minimum Gasteiger partial charge on any atom is -0.378 e. The third-order valence-corrected chi connectivity index (χ3v) is 3.39. The normalized spacial score (nSPS) is 14.8. The zero-order valence-electron chi connectivity index (χ0n) is 13.6. The van der Waals surface area contributed by atoms with Gasteiger partial charge >= 0.3 is 0 Å². The molecule has 2 amide bonds. The van der Waals surface area contributed by atoms with Gasteiger partial charge in [0.15, 0.2) is 0 Å². The SMILES string of the molecule is CC1=NN(CC(=O)N/N=C/c2ccc(N(C)C)cc2)C(=O)CC1. The van der Waals surface area contributed by atoms with Crippen LogP contribution in [-0.2, 0) is 9.59 Å². The average molecular weight is 315 g/mol. The summed E-state index contributed by atoms with van der Waals surface area (Å²) in [4.78, 5) is 25.5. The fourth-order valence-corrected chi connectivity index (χ4v) is 2.06. The van der Waals surface area contributed by atoms with Crippen molar-refractivity contribution in [2.75, 3.05) is 25.5 Å². The lowest BCUT2D eigenvalue weighted by Gasteiger charge is -2.21. The smallest absolute Gasteiger partial charge is 0.261 e. The van der Waals surface area contributed by atoms with E-state index in [2.05, 4.69) is 15.6 Å². The number of hydrazone groups is 2. The first-order chi connectivity index (χ1) is 11.0. The van der Waals surface area contributed by atoms with Crippen LogP contribution in [0.25, 0.3) is 0 Å².